The molecule has 0 unspecified atom stereocenters. The van der Waals surface area contributed by atoms with Gasteiger partial charge in [0.25, 0.3) is 0 Å². The molecule has 0 radical (unpaired) electrons. The zero-order valence-electron chi connectivity index (χ0n) is 11.1. The Kier molecular flexibility index (Phi) is 6.22. The normalized spacial score (nSPS) is 9.21. The van der Waals surface area contributed by atoms with Gasteiger partial charge in [-0.1, -0.05) is 32.0 Å². The lowest BCUT2D eigenvalue weighted by Gasteiger charge is -2.06. The Hall–Kier alpha value is -2.23. The van der Waals surface area contributed by atoms with Crippen molar-refractivity contribution in [3.8, 4) is 0 Å². The van der Waals surface area contributed by atoms with E-state index in [4.69, 9.17) is 0 Å². The Morgan fingerprint density at radius 1 is 1.21 bits per heavy atom. The monoisotopic (exact) mass is 260 g/mol. The van der Waals surface area contributed by atoms with E-state index in [0.29, 0.717) is 23.5 Å². The number of hydrogen-bond donors (Lipinski definition) is 1. The van der Waals surface area contributed by atoms with Crippen LogP contribution in [0.5, 0.6) is 0 Å². The SMILES string of the molecule is CC.O=Cc1ccc(NCc2ccccc2F)nc1. The number of carbonyl (C=O) groups is 1. The Morgan fingerprint density at radius 3 is 2.53 bits per heavy atom. The number of carbonyl (C=O) groups excluding carboxylic acids is 1. The minimum absolute atomic E-state index is 0.246. The predicted octanol–water partition coefficient (Wildman–Crippen LogP) is 3.67. The number of aromatic nitrogens is 1. The van der Waals surface area contributed by atoms with E-state index in [1.54, 1.807) is 30.3 Å². The van der Waals surface area contributed by atoms with Gasteiger partial charge in [0.15, 0.2) is 6.29 Å². The maximum absolute atomic E-state index is 13.3. The molecule has 1 heterocycles. The summed E-state index contributed by atoms with van der Waals surface area (Å²) in [4.78, 5) is 14.5. The summed E-state index contributed by atoms with van der Waals surface area (Å²) in [5.74, 6) is 0.364. The topological polar surface area (TPSA) is 42.0 Å². The Bertz CT molecular complexity index is 512. The Balaban J connectivity index is 0.000000861. The van der Waals surface area contributed by atoms with Gasteiger partial charge < -0.3 is 5.32 Å². The van der Waals surface area contributed by atoms with Crippen LogP contribution in [-0.2, 0) is 6.54 Å². The molecule has 0 saturated carbocycles. The van der Waals surface area contributed by atoms with Gasteiger partial charge in [-0.15, -0.1) is 0 Å². The van der Waals surface area contributed by atoms with Gasteiger partial charge in [-0.2, -0.15) is 0 Å². The second kappa shape index (κ2) is 7.97. The summed E-state index contributed by atoms with van der Waals surface area (Å²) < 4.78 is 13.3. The minimum atomic E-state index is -0.246. The number of rotatable bonds is 4. The first-order valence-corrected chi connectivity index (χ1v) is 6.18. The van der Waals surface area contributed by atoms with Crippen molar-refractivity contribution in [2.75, 3.05) is 5.32 Å². The number of anilines is 1. The first-order chi connectivity index (χ1) is 9.29. The van der Waals surface area contributed by atoms with Gasteiger partial charge in [0, 0.05) is 23.9 Å². The third-order valence-electron chi connectivity index (χ3n) is 2.34. The fraction of sp³-hybridized carbons (Fsp3) is 0.200. The van der Waals surface area contributed by atoms with E-state index < -0.39 is 0 Å². The quantitative estimate of drug-likeness (QED) is 0.853. The molecule has 0 aliphatic heterocycles. The van der Waals surface area contributed by atoms with Crippen molar-refractivity contribution in [1.29, 1.82) is 0 Å². The summed E-state index contributed by atoms with van der Waals surface area (Å²) in [6, 6.07) is 9.90. The molecule has 0 atom stereocenters. The fourth-order valence-electron chi connectivity index (χ4n) is 1.41. The lowest BCUT2D eigenvalue weighted by molar-refractivity contribution is 0.112. The molecule has 1 N–H and O–H groups in total. The molecule has 0 aliphatic carbocycles. The van der Waals surface area contributed by atoms with Crippen LogP contribution in [0.4, 0.5) is 10.2 Å². The fourth-order valence-corrected chi connectivity index (χ4v) is 1.41. The van der Waals surface area contributed by atoms with Crippen LogP contribution in [0, 0.1) is 5.82 Å². The van der Waals surface area contributed by atoms with Gasteiger partial charge in [-0.25, -0.2) is 9.37 Å². The minimum Gasteiger partial charge on any atom is -0.366 e. The van der Waals surface area contributed by atoms with Crippen LogP contribution in [0.25, 0.3) is 0 Å². The summed E-state index contributed by atoms with van der Waals surface area (Å²) in [6.07, 6.45) is 2.20. The van der Waals surface area contributed by atoms with Crippen LogP contribution in [0.1, 0.15) is 29.8 Å². The van der Waals surface area contributed by atoms with Crippen LogP contribution in [-0.4, -0.2) is 11.3 Å². The summed E-state index contributed by atoms with van der Waals surface area (Å²) in [6.45, 7) is 4.36. The van der Waals surface area contributed by atoms with E-state index in [1.165, 1.54) is 12.3 Å². The number of nitrogens with zero attached hydrogens (tertiary/aromatic N) is 1. The third-order valence-corrected chi connectivity index (χ3v) is 2.34. The predicted molar refractivity (Wildman–Crippen MR) is 74.7 cm³/mol. The lowest BCUT2D eigenvalue weighted by Crippen LogP contribution is -2.03. The molecule has 2 aromatic rings. The molecular formula is C15H17FN2O. The molecule has 19 heavy (non-hydrogen) atoms. The number of hydrogen-bond acceptors (Lipinski definition) is 3. The second-order valence-electron chi connectivity index (χ2n) is 3.54. The molecule has 1 aromatic carbocycles. The average molecular weight is 260 g/mol. The van der Waals surface area contributed by atoms with Gasteiger partial charge in [0.2, 0.25) is 0 Å². The van der Waals surface area contributed by atoms with E-state index in [2.05, 4.69) is 10.3 Å². The highest BCUT2D eigenvalue weighted by Crippen LogP contribution is 2.09. The summed E-state index contributed by atoms with van der Waals surface area (Å²) in [7, 11) is 0. The number of benzene rings is 1. The summed E-state index contributed by atoms with van der Waals surface area (Å²) in [5, 5.41) is 2.99. The van der Waals surface area contributed by atoms with Gasteiger partial charge in [-0.3, -0.25) is 4.79 Å². The van der Waals surface area contributed by atoms with Crippen molar-refractivity contribution in [2.24, 2.45) is 0 Å². The largest absolute Gasteiger partial charge is 0.366 e. The molecule has 0 aliphatic rings. The molecule has 2 rings (SSSR count). The van der Waals surface area contributed by atoms with Gasteiger partial charge in [-0.05, 0) is 18.2 Å². The highest BCUT2D eigenvalue weighted by atomic mass is 19.1. The molecular weight excluding hydrogens is 243 g/mol. The molecule has 3 nitrogen and oxygen atoms in total. The molecule has 0 saturated heterocycles. The van der Waals surface area contributed by atoms with Crippen LogP contribution in [0.3, 0.4) is 0 Å². The van der Waals surface area contributed by atoms with Crippen LogP contribution >= 0.6 is 0 Å². The van der Waals surface area contributed by atoms with Crippen LogP contribution in [0.15, 0.2) is 42.6 Å². The molecule has 0 spiro atoms. The first-order valence-electron chi connectivity index (χ1n) is 6.18. The molecule has 0 fully saturated rings. The smallest absolute Gasteiger partial charge is 0.151 e. The maximum atomic E-state index is 13.3. The van der Waals surface area contributed by atoms with Gasteiger partial charge in [0.05, 0.1) is 0 Å². The van der Waals surface area contributed by atoms with Crippen molar-refractivity contribution in [2.45, 2.75) is 20.4 Å². The summed E-state index contributed by atoms with van der Waals surface area (Å²) >= 11 is 0. The number of pyridine rings is 1. The number of aldehydes is 1. The average Bonchev–Trinajstić information content (AvgIpc) is 2.49. The van der Waals surface area contributed by atoms with E-state index >= 15 is 0 Å². The molecule has 0 bridgehead atoms. The van der Waals surface area contributed by atoms with E-state index in [9.17, 15) is 9.18 Å². The number of halogens is 1. The zero-order chi connectivity index (χ0) is 14.1. The molecule has 4 heteroatoms. The summed E-state index contributed by atoms with van der Waals surface area (Å²) in [5.41, 5.74) is 1.09. The zero-order valence-corrected chi connectivity index (χ0v) is 11.1. The standard InChI is InChI=1S/C13H11FN2O.C2H6/c14-12-4-2-1-3-11(12)8-16-13-6-5-10(9-17)7-15-13;1-2/h1-7,9H,8H2,(H,15,16);1-2H3. The Morgan fingerprint density at radius 2 is 1.95 bits per heavy atom. The van der Waals surface area contributed by atoms with Crippen molar-refractivity contribution < 1.29 is 9.18 Å². The van der Waals surface area contributed by atoms with Crippen molar-refractivity contribution >= 4 is 12.1 Å². The van der Waals surface area contributed by atoms with Gasteiger partial charge in [0.1, 0.15) is 11.6 Å². The van der Waals surface area contributed by atoms with Crippen molar-refractivity contribution in [3.05, 3.63) is 59.5 Å². The van der Waals surface area contributed by atoms with E-state index in [-0.39, 0.29) is 5.82 Å². The van der Waals surface area contributed by atoms with Crippen molar-refractivity contribution in [1.82, 2.24) is 4.98 Å². The Labute approximate surface area is 112 Å². The molecule has 0 amide bonds. The second-order valence-corrected chi connectivity index (χ2v) is 3.54. The molecule has 1 aromatic heterocycles. The first kappa shape index (κ1) is 14.8. The highest BCUT2D eigenvalue weighted by Gasteiger charge is 2.00. The maximum Gasteiger partial charge on any atom is 0.151 e. The van der Waals surface area contributed by atoms with Gasteiger partial charge >= 0.3 is 0 Å². The molecule has 100 valence electrons. The van der Waals surface area contributed by atoms with Crippen molar-refractivity contribution in [3.63, 3.8) is 0 Å². The van der Waals surface area contributed by atoms with Crippen LogP contribution in [0.2, 0.25) is 0 Å². The highest BCUT2D eigenvalue weighted by molar-refractivity contribution is 5.74. The third kappa shape index (κ3) is 4.50. The van der Waals surface area contributed by atoms with E-state index in [1.807, 2.05) is 13.8 Å². The van der Waals surface area contributed by atoms with Crippen LogP contribution < -0.4 is 5.32 Å². The van der Waals surface area contributed by atoms with E-state index in [0.717, 1.165) is 6.29 Å². The lowest BCUT2D eigenvalue weighted by atomic mass is 10.2. The number of nitrogens with one attached hydrogen (secondary N) is 1.